The molecule has 92 valence electrons. The number of rotatable bonds is 3. The van der Waals surface area contributed by atoms with Gasteiger partial charge < -0.3 is 4.90 Å². The van der Waals surface area contributed by atoms with Crippen LogP contribution in [0, 0.1) is 11.8 Å². The Hall–Kier alpha value is -0.570. The first kappa shape index (κ1) is 11.9. The molecule has 0 bridgehead atoms. The van der Waals surface area contributed by atoms with Crippen LogP contribution in [0.1, 0.15) is 46.0 Å². The van der Waals surface area contributed by atoms with Gasteiger partial charge in [0.1, 0.15) is 0 Å². The number of amides is 1. The standard InChI is InChI=1S/C13H24N2O/c1-10-4-3-5-12(8-10)6-7-15-11(2)14-9-13(15)16/h10-12,14H,3-9H2,1-2H3. The van der Waals surface area contributed by atoms with E-state index in [4.69, 9.17) is 0 Å². The van der Waals surface area contributed by atoms with Crippen molar-refractivity contribution < 1.29 is 4.79 Å². The average molecular weight is 224 g/mol. The highest BCUT2D eigenvalue weighted by Gasteiger charge is 2.27. The molecule has 2 fully saturated rings. The molecule has 0 spiro atoms. The second kappa shape index (κ2) is 5.17. The Morgan fingerprint density at radius 3 is 2.81 bits per heavy atom. The summed E-state index contributed by atoms with van der Waals surface area (Å²) in [7, 11) is 0. The SMILES string of the molecule is CC1CCCC(CCN2C(=O)CNC2C)C1. The van der Waals surface area contributed by atoms with Crippen LogP contribution in [0.4, 0.5) is 0 Å². The van der Waals surface area contributed by atoms with Crippen molar-refractivity contribution in [1.29, 1.82) is 0 Å². The average Bonchev–Trinajstić information content (AvgIpc) is 2.56. The van der Waals surface area contributed by atoms with E-state index >= 15 is 0 Å². The summed E-state index contributed by atoms with van der Waals surface area (Å²) >= 11 is 0. The molecule has 3 atom stereocenters. The normalized spacial score (nSPS) is 35.8. The van der Waals surface area contributed by atoms with Crippen LogP contribution in [-0.2, 0) is 4.79 Å². The van der Waals surface area contributed by atoms with E-state index in [2.05, 4.69) is 19.2 Å². The predicted molar refractivity (Wildman–Crippen MR) is 64.9 cm³/mol. The molecular weight excluding hydrogens is 200 g/mol. The van der Waals surface area contributed by atoms with E-state index in [1.807, 2.05) is 4.90 Å². The van der Waals surface area contributed by atoms with Crippen molar-refractivity contribution in [3.05, 3.63) is 0 Å². The minimum absolute atomic E-state index is 0.244. The summed E-state index contributed by atoms with van der Waals surface area (Å²) in [4.78, 5) is 13.6. The van der Waals surface area contributed by atoms with Gasteiger partial charge in [-0.1, -0.05) is 26.2 Å². The molecule has 1 N–H and O–H groups in total. The molecule has 1 saturated heterocycles. The molecule has 1 aliphatic carbocycles. The molecule has 1 aliphatic heterocycles. The first-order valence-electron chi connectivity index (χ1n) is 6.69. The lowest BCUT2D eigenvalue weighted by Gasteiger charge is -2.29. The largest absolute Gasteiger partial charge is 0.326 e. The quantitative estimate of drug-likeness (QED) is 0.795. The zero-order valence-electron chi connectivity index (χ0n) is 10.5. The maximum Gasteiger partial charge on any atom is 0.237 e. The summed E-state index contributed by atoms with van der Waals surface area (Å²) in [6, 6.07) is 0. The Morgan fingerprint density at radius 1 is 1.38 bits per heavy atom. The Morgan fingerprint density at radius 2 is 2.19 bits per heavy atom. The van der Waals surface area contributed by atoms with Gasteiger partial charge in [0.15, 0.2) is 0 Å². The highest BCUT2D eigenvalue weighted by atomic mass is 16.2. The van der Waals surface area contributed by atoms with Gasteiger partial charge in [-0.2, -0.15) is 0 Å². The zero-order chi connectivity index (χ0) is 11.5. The fourth-order valence-electron chi connectivity index (χ4n) is 3.12. The van der Waals surface area contributed by atoms with Crippen molar-refractivity contribution in [3.8, 4) is 0 Å². The van der Waals surface area contributed by atoms with E-state index in [0.717, 1.165) is 18.4 Å². The number of carbonyl (C=O) groups is 1. The maximum absolute atomic E-state index is 11.6. The molecule has 2 aliphatic rings. The van der Waals surface area contributed by atoms with Gasteiger partial charge in [-0.15, -0.1) is 0 Å². The van der Waals surface area contributed by atoms with Crippen LogP contribution in [0.5, 0.6) is 0 Å². The summed E-state index contributed by atoms with van der Waals surface area (Å²) < 4.78 is 0. The summed E-state index contributed by atoms with van der Waals surface area (Å²) in [5, 5.41) is 3.19. The molecule has 2 rings (SSSR count). The first-order valence-corrected chi connectivity index (χ1v) is 6.69. The third-order valence-electron chi connectivity index (χ3n) is 4.16. The molecule has 1 amide bonds. The van der Waals surface area contributed by atoms with E-state index in [1.165, 1.54) is 32.1 Å². The third kappa shape index (κ3) is 2.76. The fourth-order valence-corrected chi connectivity index (χ4v) is 3.12. The highest BCUT2D eigenvalue weighted by molar-refractivity contribution is 5.80. The van der Waals surface area contributed by atoms with Gasteiger partial charge in [-0.05, 0) is 31.6 Å². The van der Waals surface area contributed by atoms with Crippen molar-refractivity contribution in [3.63, 3.8) is 0 Å². The van der Waals surface area contributed by atoms with Crippen LogP contribution in [-0.4, -0.2) is 30.1 Å². The molecule has 3 nitrogen and oxygen atoms in total. The predicted octanol–water partition coefficient (Wildman–Crippen LogP) is 1.98. The van der Waals surface area contributed by atoms with Crippen molar-refractivity contribution >= 4 is 5.91 Å². The molecule has 0 aromatic rings. The van der Waals surface area contributed by atoms with Crippen molar-refractivity contribution in [1.82, 2.24) is 10.2 Å². The van der Waals surface area contributed by atoms with E-state index in [1.54, 1.807) is 0 Å². The second-order valence-electron chi connectivity index (χ2n) is 5.57. The van der Waals surface area contributed by atoms with Gasteiger partial charge in [0.25, 0.3) is 0 Å². The lowest BCUT2D eigenvalue weighted by atomic mass is 9.81. The summed E-state index contributed by atoms with van der Waals surface area (Å²) in [6.45, 7) is 5.92. The maximum atomic E-state index is 11.6. The second-order valence-corrected chi connectivity index (χ2v) is 5.57. The Labute approximate surface area is 98.6 Å². The molecule has 3 unspecified atom stereocenters. The third-order valence-corrected chi connectivity index (χ3v) is 4.16. The van der Waals surface area contributed by atoms with Gasteiger partial charge in [0, 0.05) is 6.54 Å². The van der Waals surface area contributed by atoms with Gasteiger partial charge in [-0.25, -0.2) is 0 Å². The molecular formula is C13H24N2O. The van der Waals surface area contributed by atoms with Gasteiger partial charge in [0.2, 0.25) is 5.91 Å². The molecule has 16 heavy (non-hydrogen) atoms. The lowest BCUT2D eigenvalue weighted by molar-refractivity contribution is -0.127. The molecule has 1 heterocycles. The molecule has 3 heteroatoms. The Kier molecular flexibility index (Phi) is 3.85. The first-order chi connectivity index (χ1) is 7.66. The smallest absolute Gasteiger partial charge is 0.237 e. The van der Waals surface area contributed by atoms with Crippen LogP contribution in [0.2, 0.25) is 0 Å². The summed E-state index contributed by atoms with van der Waals surface area (Å²) in [6.07, 6.45) is 6.96. The van der Waals surface area contributed by atoms with E-state index < -0.39 is 0 Å². The minimum Gasteiger partial charge on any atom is -0.326 e. The highest BCUT2D eigenvalue weighted by Crippen LogP contribution is 2.30. The number of carbonyl (C=O) groups excluding carboxylic acids is 1. The van der Waals surface area contributed by atoms with Gasteiger partial charge in [0.05, 0.1) is 12.7 Å². The number of hydrogen-bond donors (Lipinski definition) is 1. The van der Waals surface area contributed by atoms with Gasteiger partial charge >= 0.3 is 0 Å². The van der Waals surface area contributed by atoms with Crippen molar-refractivity contribution in [2.45, 2.75) is 52.1 Å². The fraction of sp³-hybridized carbons (Fsp3) is 0.923. The number of nitrogens with zero attached hydrogens (tertiary/aromatic N) is 1. The monoisotopic (exact) mass is 224 g/mol. The minimum atomic E-state index is 0.244. The molecule has 0 radical (unpaired) electrons. The van der Waals surface area contributed by atoms with E-state index in [0.29, 0.717) is 6.54 Å². The van der Waals surface area contributed by atoms with Crippen LogP contribution >= 0.6 is 0 Å². The number of hydrogen-bond acceptors (Lipinski definition) is 2. The van der Waals surface area contributed by atoms with Crippen molar-refractivity contribution in [2.75, 3.05) is 13.1 Å². The molecule has 0 aromatic heterocycles. The Bertz CT molecular complexity index is 254. The zero-order valence-corrected chi connectivity index (χ0v) is 10.5. The van der Waals surface area contributed by atoms with Crippen LogP contribution in [0.15, 0.2) is 0 Å². The van der Waals surface area contributed by atoms with E-state index in [9.17, 15) is 4.79 Å². The molecule has 1 saturated carbocycles. The summed E-state index contributed by atoms with van der Waals surface area (Å²) in [5.74, 6) is 2.02. The van der Waals surface area contributed by atoms with E-state index in [-0.39, 0.29) is 12.1 Å². The number of nitrogens with one attached hydrogen (secondary N) is 1. The molecule has 0 aromatic carbocycles. The van der Waals surface area contributed by atoms with Crippen LogP contribution in [0.3, 0.4) is 0 Å². The van der Waals surface area contributed by atoms with Crippen molar-refractivity contribution in [2.24, 2.45) is 11.8 Å². The lowest BCUT2D eigenvalue weighted by Crippen LogP contribution is -2.36. The van der Waals surface area contributed by atoms with Gasteiger partial charge in [-0.3, -0.25) is 10.1 Å². The van der Waals surface area contributed by atoms with Crippen LogP contribution in [0.25, 0.3) is 0 Å². The Balaban J connectivity index is 1.76. The topological polar surface area (TPSA) is 32.3 Å². The summed E-state index contributed by atoms with van der Waals surface area (Å²) in [5.41, 5.74) is 0. The van der Waals surface area contributed by atoms with Crippen LogP contribution < -0.4 is 5.32 Å².